The molecule has 0 aromatic heterocycles. The fraction of sp³-hybridized carbons (Fsp3) is 0.400. The van der Waals surface area contributed by atoms with Gasteiger partial charge in [-0.25, -0.2) is 0 Å². The van der Waals surface area contributed by atoms with E-state index in [9.17, 15) is 10.1 Å². The number of benzene rings is 1. The zero-order valence-corrected chi connectivity index (χ0v) is 10.7. The molecule has 0 spiro atoms. The van der Waals surface area contributed by atoms with Gasteiger partial charge in [0.15, 0.2) is 0 Å². The van der Waals surface area contributed by atoms with Crippen molar-refractivity contribution >= 4 is 40.5 Å². The SMILES string of the molecule is O=[N+]([O-])c1ccc(OCC2C(Cl)C2Cl)c(Cl)c1. The van der Waals surface area contributed by atoms with Gasteiger partial charge in [-0.05, 0) is 6.07 Å². The first-order valence-corrected chi connectivity index (χ1v) is 6.10. The van der Waals surface area contributed by atoms with E-state index < -0.39 is 4.92 Å². The van der Waals surface area contributed by atoms with Crippen LogP contribution in [0.4, 0.5) is 5.69 Å². The van der Waals surface area contributed by atoms with Gasteiger partial charge in [-0.3, -0.25) is 10.1 Å². The molecule has 0 bridgehead atoms. The highest BCUT2D eigenvalue weighted by molar-refractivity contribution is 6.34. The van der Waals surface area contributed by atoms with Crippen molar-refractivity contribution in [2.45, 2.75) is 10.8 Å². The number of ether oxygens (including phenoxy) is 1. The number of nitro benzene ring substituents is 1. The van der Waals surface area contributed by atoms with Crippen LogP contribution in [-0.4, -0.2) is 22.3 Å². The van der Waals surface area contributed by atoms with Gasteiger partial charge in [0.2, 0.25) is 0 Å². The summed E-state index contributed by atoms with van der Waals surface area (Å²) in [7, 11) is 0. The van der Waals surface area contributed by atoms with Crippen molar-refractivity contribution < 1.29 is 9.66 Å². The van der Waals surface area contributed by atoms with E-state index in [1.807, 2.05) is 0 Å². The molecule has 0 amide bonds. The molecule has 7 heteroatoms. The average Bonchev–Trinajstić information content (AvgIpc) is 2.85. The van der Waals surface area contributed by atoms with Gasteiger partial charge in [-0.1, -0.05) is 11.6 Å². The normalized spacial score (nSPS) is 26.6. The first-order chi connectivity index (χ1) is 8.00. The molecule has 1 aliphatic carbocycles. The second-order valence-electron chi connectivity index (χ2n) is 3.74. The van der Waals surface area contributed by atoms with E-state index in [0.717, 1.165) is 0 Å². The standard InChI is InChI=1S/C10H8Cl3NO3/c11-7-3-5(14(15)16)1-2-8(7)17-4-6-9(12)10(6)13/h1-3,6,9-10H,4H2. The third kappa shape index (κ3) is 2.76. The summed E-state index contributed by atoms with van der Waals surface area (Å²) in [6.45, 7) is 0.361. The summed E-state index contributed by atoms with van der Waals surface area (Å²) in [4.78, 5) is 9.98. The highest BCUT2D eigenvalue weighted by Gasteiger charge is 2.48. The minimum absolute atomic E-state index is 0.0702. The molecule has 1 fully saturated rings. The second kappa shape index (κ2) is 4.88. The van der Waals surface area contributed by atoms with Crippen LogP contribution in [0.25, 0.3) is 0 Å². The molecule has 2 unspecified atom stereocenters. The van der Waals surface area contributed by atoms with Crippen molar-refractivity contribution in [1.82, 2.24) is 0 Å². The van der Waals surface area contributed by atoms with Crippen LogP contribution in [0.15, 0.2) is 18.2 Å². The van der Waals surface area contributed by atoms with Crippen LogP contribution in [0.1, 0.15) is 0 Å². The Kier molecular flexibility index (Phi) is 3.66. The Balaban J connectivity index is 2.00. The van der Waals surface area contributed by atoms with E-state index in [-0.39, 0.29) is 27.4 Å². The summed E-state index contributed by atoms with van der Waals surface area (Å²) < 4.78 is 5.41. The number of hydrogen-bond acceptors (Lipinski definition) is 3. The number of halogens is 3. The quantitative estimate of drug-likeness (QED) is 0.485. The summed E-state index contributed by atoms with van der Waals surface area (Å²) in [5.41, 5.74) is -0.0702. The number of rotatable bonds is 4. The summed E-state index contributed by atoms with van der Waals surface area (Å²) >= 11 is 17.5. The van der Waals surface area contributed by atoms with E-state index in [0.29, 0.717) is 12.4 Å². The van der Waals surface area contributed by atoms with Crippen LogP contribution < -0.4 is 4.74 Å². The van der Waals surface area contributed by atoms with Crippen LogP contribution in [-0.2, 0) is 0 Å². The molecule has 4 nitrogen and oxygen atoms in total. The Hall–Kier alpha value is -0.710. The fourth-order valence-electron chi connectivity index (χ4n) is 1.38. The van der Waals surface area contributed by atoms with Crippen LogP contribution in [0.2, 0.25) is 5.02 Å². The summed E-state index contributed by atoms with van der Waals surface area (Å²) in [6.07, 6.45) is 0. The maximum absolute atomic E-state index is 10.5. The minimum atomic E-state index is -0.514. The second-order valence-corrected chi connectivity index (χ2v) is 5.15. The van der Waals surface area contributed by atoms with Crippen molar-refractivity contribution in [3.8, 4) is 5.75 Å². The van der Waals surface area contributed by atoms with E-state index in [2.05, 4.69) is 0 Å². The van der Waals surface area contributed by atoms with E-state index in [1.54, 1.807) is 0 Å². The lowest BCUT2D eigenvalue weighted by Crippen LogP contribution is -2.02. The van der Waals surface area contributed by atoms with Gasteiger partial charge in [0.25, 0.3) is 5.69 Å². The Morgan fingerprint density at radius 3 is 2.47 bits per heavy atom. The molecule has 1 aliphatic rings. The molecule has 1 aromatic carbocycles. The van der Waals surface area contributed by atoms with Gasteiger partial charge >= 0.3 is 0 Å². The van der Waals surface area contributed by atoms with Crippen molar-refractivity contribution in [1.29, 1.82) is 0 Å². The summed E-state index contributed by atoms with van der Waals surface area (Å²) in [5, 5.41) is 10.6. The molecule has 17 heavy (non-hydrogen) atoms. The number of hydrogen-bond donors (Lipinski definition) is 0. The first-order valence-electron chi connectivity index (χ1n) is 4.85. The van der Waals surface area contributed by atoms with Crippen molar-refractivity contribution in [2.24, 2.45) is 5.92 Å². The lowest BCUT2D eigenvalue weighted by atomic mass is 10.3. The number of nitro groups is 1. The summed E-state index contributed by atoms with van der Waals surface area (Å²) in [5.74, 6) is 0.501. The molecule has 0 heterocycles. The largest absolute Gasteiger partial charge is 0.492 e. The molecule has 1 aromatic rings. The van der Waals surface area contributed by atoms with Gasteiger partial charge in [0.05, 0.1) is 27.3 Å². The van der Waals surface area contributed by atoms with Crippen LogP contribution in [0.3, 0.4) is 0 Å². The Morgan fingerprint density at radius 1 is 1.35 bits per heavy atom. The maximum Gasteiger partial charge on any atom is 0.271 e. The van der Waals surface area contributed by atoms with E-state index in [4.69, 9.17) is 39.5 Å². The molecule has 1 saturated carbocycles. The molecular formula is C10H8Cl3NO3. The molecular weight excluding hydrogens is 288 g/mol. The predicted molar refractivity (Wildman–Crippen MR) is 66.4 cm³/mol. The van der Waals surface area contributed by atoms with E-state index >= 15 is 0 Å². The number of nitrogens with zero attached hydrogens (tertiary/aromatic N) is 1. The molecule has 0 saturated heterocycles. The third-order valence-corrected chi connectivity index (χ3v) is 4.15. The molecule has 0 N–H and O–H groups in total. The van der Waals surface area contributed by atoms with Gasteiger partial charge in [0, 0.05) is 18.1 Å². The van der Waals surface area contributed by atoms with Crippen molar-refractivity contribution in [3.63, 3.8) is 0 Å². The Labute approximate surface area is 113 Å². The van der Waals surface area contributed by atoms with E-state index in [1.165, 1.54) is 18.2 Å². The molecule has 0 radical (unpaired) electrons. The molecule has 92 valence electrons. The Morgan fingerprint density at radius 2 is 2.00 bits per heavy atom. The average molecular weight is 297 g/mol. The monoisotopic (exact) mass is 295 g/mol. The van der Waals surface area contributed by atoms with Crippen LogP contribution >= 0.6 is 34.8 Å². The van der Waals surface area contributed by atoms with Gasteiger partial charge < -0.3 is 4.74 Å². The lowest BCUT2D eigenvalue weighted by Gasteiger charge is -2.06. The van der Waals surface area contributed by atoms with Crippen LogP contribution in [0.5, 0.6) is 5.75 Å². The van der Waals surface area contributed by atoms with Crippen molar-refractivity contribution in [2.75, 3.05) is 6.61 Å². The molecule has 2 rings (SSSR count). The zero-order valence-electron chi connectivity index (χ0n) is 8.48. The van der Waals surface area contributed by atoms with Crippen LogP contribution in [0, 0.1) is 16.0 Å². The molecule has 0 aliphatic heterocycles. The first kappa shape index (κ1) is 12.7. The number of alkyl halides is 2. The maximum atomic E-state index is 10.5. The smallest absolute Gasteiger partial charge is 0.271 e. The minimum Gasteiger partial charge on any atom is -0.492 e. The zero-order chi connectivity index (χ0) is 12.6. The third-order valence-electron chi connectivity index (χ3n) is 2.54. The van der Waals surface area contributed by atoms with Gasteiger partial charge in [-0.2, -0.15) is 0 Å². The highest BCUT2D eigenvalue weighted by atomic mass is 35.5. The topological polar surface area (TPSA) is 52.4 Å². The summed E-state index contributed by atoms with van der Waals surface area (Å²) in [6, 6.07) is 4.06. The predicted octanol–water partition coefficient (Wildman–Crippen LogP) is 3.47. The molecule has 2 atom stereocenters. The Bertz CT molecular complexity index is 446. The fourth-order valence-corrected chi connectivity index (χ4v) is 2.35. The van der Waals surface area contributed by atoms with Gasteiger partial charge in [-0.15, -0.1) is 23.2 Å². The van der Waals surface area contributed by atoms with Gasteiger partial charge in [0.1, 0.15) is 5.75 Å². The highest BCUT2D eigenvalue weighted by Crippen LogP contribution is 2.42. The lowest BCUT2D eigenvalue weighted by molar-refractivity contribution is -0.384. The number of non-ortho nitro benzene ring substituents is 1. The van der Waals surface area contributed by atoms with Crippen molar-refractivity contribution in [3.05, 3.63) is 33.3 Å².